The quantitative estimate of drug-likeness (QED) is 0.531. The van der Waals surface area contributed by atoms with Crippen LogP contribution in [0.4, 0.5) is 23.0 Å². The SMILES string of the molecule is CN1CCN(c2ccc(Nc3ncc4c(n3)-c3ccc(C(=O)O)cc3NS4(=O)=O)cc2)CC1. The van der Waals surface area contributed by atoms with Crippen molar-refractivity contribution in [3.8, 4) is 11.3 Å². The topological polar surface area (TPSA) is 128 Å². The summed E-state index contributed by atoms with van der Waals surface area (Å²) < 4.78 is 27.7. The van der Waals surface area contributed by atoms with Crippen LogP contribution in [-0.2, 0) is 10.0 Å². The number of nitrogens with one attached hydrogen (secondary N) is 2. The number of aromatic nitrogens is 2. The molecule has 0 atom stereocenters. The van der Waals surface area contributed by atoms with Crippen molar-refractivity contribution in [2.75, 3.05) is 48.2 Å². The zero-order valence-electron chi connectivity index (χ0n) is 17.8. The van der Waals surface area contributed by atoms with Gasteiger partial charge in [-0.05, 0) is 49.5 Å². The fraction of sp³-hybridized carbons (Fsp3) is 0.227. The van der Waals surface area contributed by atoms with Crippen LogP contribution < -0.4 is 14.9 Å². The van der Waals surface area contributed by atoms with Crippen LogP contribution in [0.3, 0.4) is 0 Å². The molecule has 3 heterocycles. The van der Waals surface area contributed by atoms with Gasteiger partial charge in [-0.1, -0.05) is 0 Å². The van der Waals surface area contributed by atoms with Crippen LogP contribution in [0.15, 0.2) is 53.6 Å². The maximum absolute atomic E-state index is 12.6. The fourth-order valence-corrected chi connectivity index (χ4v) is 5.11. The van der Waals surface area contributed by atoms with Gasteiger partial charge in [0.2, 0.25) is 5.95 Å². The number of hydrogen-bond donors (Lipinski definition) is 3. The molecule has 3 aromatic rings. The minimum Gasteiger partial charge on any atom is -0.478 e. The molecule has 0 bridgehead atoms. The van der Waals surface area contributed by atoms with E-state index in [2.05, 4.69) is 36.9 Å². The number of piperazine rings is 1. The number of fused-ring (bicyclic) bond motifs is 3. The Hall–Kier alpha value is -3.70. The molecule has 2 aliphatic rings. The van der Waals surface area contributed by atoms with E-state index in [1.807, 2.05) is 24.3 Å². The van der Waals surface area contributed by atoms with Crippen molar-refractivity contribution >= 4 is 39.0 Å². The van der Waals surface area contributed by atoms with E-state index in [0.717, 1.165) is 37.6 Å². The smallest absolute Gasteiger partial charge is 0.335 e. The lowest BCUT2D eigenvalue weighted by molar-refractivity contribution is 0.0697. The summed E-state index contributed by atoms with van der Waals surface area (Å²) in [7, 11) is -1.80. The van der Waals surface area contributed by atoms with Gasteiger partial charge in [0.15, 0.2) is 0 Å². The van der Waals surface area contributed by atoms with Crippen LogP contribution in [0.5, 0.6) is 0 Å². The highest BCUT2D eigenvalue weighted by Gasteiger charge is 2.30. The van der Waals surface area contributed by atoms with Crippen molar-refractivity contribution in [1.82, 2.24) is 14.9 Å². The maximum Gasteiger partial charge on any atom is 0.335 e. The summed E-state index contributed by atoms with van der Waals surface area (Å²) in [6, 6.07) is 12.2. The third-order valence-corrected chi connectivity index (χ3v) is 7.17. The molecule has 3 N–H and O–H groups in total. The van der Waals surface area contributed by atoms with Crippen LogP contribution in [-0.4, -0.2) is 67.6 Å². The standard InChI is InChI=1S/C22H22N6O4S/c1-27-8-10-28(11-9-27)16-5-3-15(4-6-16)24-22-23-13-19-20(25-22)17-7-2-14(21(29)30)12-18(17)26-33(19,31)32/h2-7,12-13,26H,8-11H2,1H3,(H,29,30)(H,23,24,25). The van der Waals surface area contributed by atoms with Gasteiger partial charge < -0.3 is 20.2 Å². The molecule has 33 heavy (non-hydrogen) atoms. The molecule has 0 unspecified atom stereocenters. The number of nitrogens with zero attached hydrogens (tertiary/aromatic N) is 4. The second kappa shape index (κ2) is 8.01. The molecule has 170 valence electrons. The van der Waals surface area contributed by atoms with Gasteiger partial charge in [0.25, 0.3) is 10.0 Å². The number of carboxylic acids is 1. The predicted octanol–water partition coefficient (Wildman–Crippen LogP) is 2.45. The van der Waals surface area contributed by atoms with Crippen molar-refractivity contribution in [1.29, 1.82) is 0 Å². The van der Waals surface area contributed by atoms with E-state index >= 15 is 0 Å². The van der Waals surface area contributed by atoms with Gasteiger partial charge in [-0.2, -0.15) is 0 Å². The molecule has 1 fully saturated rings. The van der Waals surface area contributed by atoms with Crippen LogP contribution in [0.2, 0.25) is 0 Å². The molecule has 0 spiro atoms. The molecule has 0 radical (unpaired) electrons. The first kappa shape index (κ1) is 21.2. The average Bonchev–Trinajstić information content (AvgIpc) is 2.79. The first-order valence-electron chi connectivity index (χ1n) is 10.4. The van der Waals surface area contributed by atoms with E-state index in [1.165, 1.54) is 18.3 Å². The highest BCUT2D eigenvalue weighted by Crippen LogP contribution is 2.38. The minimum absolute atomic E-state index is 0.0206. The van der Waals surface area contributed by atoms with Crippen LogP contribution in [0.25, 0.3) is 11.3 Å². The van der Waals surface area contributed by atoms with Gasteiger partial charge in [-0.3, -0.25) is 4.72 Å². The number of rotatable bonds is 4. The summed E-state index contributed by atoms with van der Waals surface area (Å²) in [6.07, 6.45) is 1.25. The van der Waals surface area contributed by atoms with Gasteiger partial charge >= 0.3 is 5.97 Å². The van der Waals surface area contributed by atoms with Crippen molar-refractivity contribution in [2.45, 2.75) is 4.90 Å². The molecule has 2 aromatic carbocycles. The van der Waals surface area contributed by atoms with Crippen LogP contribution in [0, 0.1) is 0 Å². The Kier molecular flexibility index (Phi) is 5.14. The first-order chi connectivity index (χ1) is 15.8. The number of sulfonamides is 1. The molecular formula is C22H22N6O4S. The van der Waals surface area contributed by atoms with E-state index in [-0.39, 0.29) is 27.8 Å². The second-order valence-electron chi connectivity index (χ2n) is 8.04. The summed E-state index contributed by atoms with van der Waals surface area (Å²) in [5, 5.41) is 12.3. The van der Waals surface area contributed by atoms with Gasteiger partial charge in [0.1, 0.15) is 4.90 Å². The Morgan fingerprint density at radius 3 is 2.52 bits per heavy atom. The predicted molar refractivity (Wildman–Crippen MR) is 125 cm³/mol. The summed E-state index contributed by atoms with van der Waals surface area (Å²) in [5.74, 6) is -0.903. The van der Waals surface area contributed by atoms with E-state index in [9.17, 15) is 18.3 Å². The van der Waals surface area contributed by atoms with E-state index in [0.29, 0.717) is 5.56 Å². The molecule has 0 saturated carbocycles. The molecule has 0 amide bonds. The Morgan fingerprint density at radius 2 is 1.82 bits per heavy atom. The molecule has 1 aromatic heterocycles. The van der Waals surface area contributed by atoms with E-state index < -0.39 is 16.0 Å². The second-order valence-corrected chi connectivity index (χ2v) is 9.69. The number of carbonyl (C=O) groups is 1. The highest BCUT2D eigenvalue weighted by atomic mass is 32.2. The molecule has 2 aliphatic heterocycles. The zero-order valence-corrected chi connectivity index (χ0v) is 18.6. The molecule has 1 saturated heterocycles. The lowest BCUT2D eigenvalue weighted by Crippen LogP contribution is -2.44. The zero-order chi connectivity index (χ0) is 23.2. The number of hydrogen-bond acceptors (Lipinski definition) is 8. The molecular weight excluding hydrogens is 444 g/mol. The molecule has 5 rings (SSSR count). The highest BCUT2D eigenvalue weighted by molar-refractivity contribution is 7.93. The maximum atomic E-state index is 12.6. The molecule has 0 aliphatic carbocycles. The van der Waals surface area contributed by atoms with Gasteiger partial charge in [-0.25, -0.2) is 23.2 Å². The lowest BCUT2D eigenvalue weighted by atomic mass is 10.1. The summed E-state index contributed by atoms with van der Waals surface area (Å²) in [4.78, 5) is 24.5. The minimum atomic E-state index is -3.91. The van der Waals surface area contributed by atoms with Gasteiger partial charge in [0, 0.05) is 43.1 Å². The number of carboxylic acid groups (broad SMARTS) is 1. The largest absolute Gasteiger partial charge is 0.478 e. The summed E-state index contributed by atoms with van der Waals surface area (Å²) in [5.41, 5.74) is 2.76. The number of aromatic carboxylic acids is 1. The first-order valence-corrected chi connectivity index (χ1v) is 11.9. The Labute approximate surface area is 190 Å². The van der Waals surface area contributed by atoms with Crippen molar-refractivity contribution in [3.05, 3.63) is 54.2 Å². The number of likely N-dealkylation sites (N-methyl/N-ethyl adjacent to an activating group) is 1. The van der Waals surface area contributed by atoms with Gasteiger partial charge in [-0.15, -0.1) is 0 Å². The van der Waals surface area contributed by atoms with Crippen molar-refractivity contribution in [2.24, 2.45) is 0 Å². The summed E-state index contributed by atoms with van der Waals surface area (Å²) in [6.45, 7) is 4.00. The van der Waals surface area contributed by atoms with Crippen molar-refractivity contribution < 1.29 is 18.3 Å². The normalized spacial score (nSPS) is 16.9. The Bertz CT molecular complexity index is 1340. The lowest BCUT2D eigenvalue weighted by Gasteiger charge is -2.34. The third kappa shape index (κ3) is 4.08. The Balaban J connectivity index is 1.42. The van der Waals surface area contributed by atoms with Crippen molar-refractivity contribution in [3.63, 3.8) is 0 Å². The fourth-order valence-electron chi connectivity index (χ4n) is 3.94. The Morgan fingerprint density at radius 1 is 1.09 bits per heavy atom. The van der Waals surface area contributed by atoms with Crippen LogP contribution in [0.1, 0.15) is 10.4 Å². The monoisotopic (exact) mass is 466 g/mol. The van der Waals surface area contributed by atoms with Gasteiger partial charge in [0.05, 0.1) is 23.1 Å². The number of anilines is 4. The molecule has 10 nitrogen and oxygen atoms in total. The number of benzene rings is 2. The van der Waals surface area contributed by atoms with Crippen LogP contribution >= 0.6 is 0 Å². The summed E-state index contributed by atoms with van der Waals surface area (Å²) >= 11 is 0. The van der Waals surface area contributed by atoms with E-state index in [1.54, 1.807) is 6.07 Å². The van der Waals surface area contributed by atoms with E-state index in [4.69, 9.17) is 0 Å². The third-order valence-electron chi connectivity index (χ3n) is 5.80. The average molecular weight is 467 g/mol. The molecule has 11 heteroatoms.